The zero-order valence-corrected chi connectivity index (χ0v) is 21.5. The first-order valence-corrected chi connectivity index (χ1v) is 12.1. The Morgan fingerprint density at radius 1 is 1.09 bits per heavy atom. The number of carbonyl (C=O) groups excluding carboxylic acids is 1. The number of carbonyl (C=O) groups is 1. The minimum atomic E-state index is -3.14. The number of hydrogen-bond acceptors (Lipinski definition) is 4. The van der Waals surface area contributed by atoms with Crippen molar-refractivity contribution in [2.45, 2.75) is 79.2 Å². The molecule has 0 aromatic heterocycles. The summed E-state index contributed by atoms with van der Waals surface area (Å²) in [7, 11) is 1.70. The molecule has 5 nitrogen and oxygen atoms in total. The monoisotopic (exact) mass is 470 g/mol. The molecule has 1 saturated carbocycles. The predicted octanol–water partition coefficient (Wildman–Crippen LogP) is 4.68. The predicted molar refractivity (Wildman–Crippen MR) is 130 cm³/mol. The van der Waals surface area contributed by atoms with Crippen LogP contribution in [0.25, 0.3) is 0 Å². The molecule has 7 heteroatoms. The number of hydrogen-bond donors (Lipinski definition) is 2. The summed E-state index contributed by atoms with van der Waals surface area (Å²) in [6.07, 6.45) is 6.55. The molecule has 0 atom stereocenters. The Bertz CT molecular complexity index is 676. The number of nitrogens with two attached hydrogens (primary N) is 2. The van der Waals surface area contributed by atoms with Crippen LogP contribution in [0.1, 0.15) is 72.3 Å². The van der Waals surface area contributed by atoms with Crippen LogP contribution in [0, 0.1) is 17.3 Å². The second-order valence-electron chi connectivity index (χ2n) is 10.7. The molecule has 0 amide bonds. The summed E-state index contributed by atoms with van der Waals surface area (Å²) in [6, 6.07) is 8.76. The van der Waals surface area contributed by atoms with Gasteiger partial charge in [-0.05, 0) is 68.0 Å². The zero-order valence-electron chi connectivity index (χ0n) is 21.5. The van der Waals surface area contributed by atoms with Crippen LogP contribution < -0.4 is 11.2 Å². The average molecular weight is 471 g/mol. The largest absolute Gasteiger partial charge is 0.330 e. The SMILES string of the molecule is CC(=O)C(C)(F)F.CO[NH2+]c1ccc(CN(CCC(C)(C)C)CC2CCC(CN)CC2)cc1. The number of benzene rings is 1. The van der Waals surface area contributed by atoms with Gasteiger partial charge >= 0.3 is 5.92 Å². The molecule has 0 aliphatic heterocycles. The van der Waals surface area contributed by atoms with E-state index in [1.165, 1.54) is 50.8 Å². The lowest BCUT2D eigenvalue weighted by Gasteiger charge is -2.33. The normalized spacial score (nSPS) is 19.2. The Morgan fingerprint density at radius 2 is 1.61 bits per heavy atom. The molecule has 1 aromatic rings. The number of quaternary nitrogens is 1. The van der Waals surface area contributed by atoms with E-state index in [0.29, 0.717) is 12.3 Å². The van der Waals surface area contributed by atoms with Crippen LogP contribution in [0.3, 0.4) is 0 Å². The van der Waals surface area contributed by atoms with Crippen LogP contribution in [0.2, 0.25) is 0 Å². The summed E-state index contributed by atoms with van der Waals surface area (Å²) in [5.74, 6) is -2.63. The smallest absolute Gasteiger partial charge is 0.302 e. The van der Waals surface area contributed by atoms with E-state index >= 15 is 0 Å². The molecular weight excluding hydrogens is 424 g/mol. The van der Waals surface area contributed by atoms with E-state index in [1.807, 2.05) is 0 Å². The lowest BCUT2D eigenvalue weighted by molar-refractivity contribution is -0.830. The molecule has 0 bridgehead atoms. The Morgan fingerprint density at radius 3 is 2.03 bits per heavy atom. The van der Waals surface area contributed by atoms with Crippen LogP contribution in [0.5, 0.6) is 0 Å². The summed E-state index contributed by atoms with van der Waals surface area (Å²) in [6.45, 7) is 12.8. The van der Waals surface area contributed by atoms with Gasteiger partial charge in [0, 0.05) is 39.1 Å². The van der Waals surface area contributed by atoms with Crippen molar-refractivity contribution in [3.05, 3.63) is 29.8 Å². The van der Waals surface area contributed by atoms with E-state index in [0.717, 1.165) is 37.5 Å². The van der Waals surface area contributed by atoms with Gasteiger partial charge < -0.3 is 5.73 Å². The van der Waals surface area contributed by atoms with Crippen molar-refractivity contribution in [1.29, 1.82) is 0 Å². The van der Waals surface area contributed by atoms with Gasteiger partial charge in [0.1, 0.15) is 0 Å². The number of ketones is 1. The van der Waals surface area contributed by atoms with Gasteiger partial charge in [0.25, 0.3) is 0 Å². The third kappa shape index (κ3) is 13.2. The molecule has 0 saturated heterocycles. The van der Waals surface area contributed by atoms with Gasteiger partial charge in [-0.3, -0.25) is 9.69 Å². The molecule has 0 spiro atoms. The van der Waals surface area contributed by atoms with Crippen molar-refractivity contribution in [3.63, 3.8) is 0 Å². The Labute approximate surface area is 199 Å². The number of rotatable bonds is 10. The minimum absolute atomic E-state index is 0.382. The van der Waals surface area contributed by atoms with Gasteiger partial charge in [0.2, 0.25) is 0 Å². The summed E-state index contributed by atoms with van der Waals surface area (Å²) in [5, 5.41) is 0. The van der Waals surface area contributed by atoms with Gasteiger partial charge in [-0.2, -0.15) is 14.3 Å². The molecule has 1 fully saturated rings. The number of Topliss-reactive ketones (excluding diaryl/α,β-unsaturated/α-hetero) is 1. The lowest BCUT2D eigenvalue weighted by atomic mass is 9.81. The van der Waals surface area contributed by atoms with E-state index in [4.69, 9.17) is 10.6 Å². The molecule has 1 aliphatic carbocycles. The summed E-state index contributed by atoms with van der Waals surface area (Å²) in [5.41, 5.74) is 10.5. The first-order chi connectivity index (χ1) is 15.3. The highest BCUT2D eigenvalue weighted by Gasteiger charge is 2.27. The summed E-state index contributed by atoms with van der Waals surface area (Å²) >= 11 is 0. The first kappa shape index (κ1) is 29.6. The molecule has 190 valence electrons. The van der Waals surface area contributed by atoms with Gasteiger partial charge in [-0.25, -0.2) is 4.84 Å². The molecule has 1 aromatic carbocycles. The van der Waals surface area contributed by atoms with E-state index < -0.39 is 11.7 Å². The van der Waals surface area contributed by atoms with Crippen LogP contribution in [-0.2, 0) is 16.2 Å². The zero-order chi connectivity index (χ0) is 25.1. The molecule has 1 aliphatic rings. The maximum absolute atomic E-state index is 11.5. The Hall–Kier alpha value is -1.41. The quantitative estimate of drug-likeness (QED) is 0.385. The Kier molecular flexibility index (Phi) is 12.7. The van der Waals surface area contributed by atoms with Crippen molar-refractivity contribution < 1.29 is 23.9 Å². The fraction of sp³-hybridized carbons (Fsp3) is 0.731. The number of alkyl halides is 2. The number of halogens is 2. The van der Waals surface area contributed by atoms with Gasteiger partial charge in [-0.15, -0.1) is 0 Å². The molecule has 0 unspecified atom stereocenters. The molecular formula is C26H46F2N3O2+. The topological polar surface area (TPSA) is 72.2 Å². The Balaban J connectivity index is 0.000000675. The van der Waals surface area contributed by atoms with E-state index in [2.05, 4.69) is 49.9 Å². The van der Waals surface area contributed by atoms with Crippen LogP contribution in [-0.4, -0.2) is 43.3 Å². The third-order valence-electron chi connectivity index (χ3n) is 6.25. The maximum atomic E-state index is 11.5. The van der Waals surface area contributed by atoms with Crippen LogP contribution in [0.4, 0.5) is 14.5 Å². The highest BCUT2D eigenvalue weighted by atomic mass is 19.3. The van der Waals surface area contributed by atoms with Gasteiger partial charge in [-0.1, -0.05) is 32.9 Å². The van der Waals surface area contributed by atoms with Crippen LogP contribution in [0.15, 0.2) is 24.3 Å². The van der Waals surface area contributed by atoms with Crippen molar-refractivity contribution in [2.24, 2.45) is 23.0 Å². The standard InChI is InChI=1S/C22H39N3O.C4H6F2O/c1-22(2,3)13-14-25(16-19-7-5-18(15-23)6-8-19)17-20-9-11-21(12-10-20)24-26-4;1-3(7)4(2,5)6/h9-12,18-19,24H,5-8,13-17,23H2,1-4H3;1-2H3/p+1. The number of nitrogens with zero attached hydrogens (tertiary/aromatic N) is 1. The van der Waals surface area contributed by atoms with Crippen molar-refractivity contribution in [3.8, 4) is 0 Å². The highest BCUT2D eigenvalue weighted by molar-refractivity contribution is 5.82. The van der Waals surface area contributed by atoms with Crippen molar-refractivity contribution >= 4 is 11.5 Å². The first-order valence-electron chi connectivity index (χ1n) is 12.1. The van der Waals surface area contributed by atoms with Crippen molar-refractivity contribution in [2.75, 3.05) is 26.7 Å². The van der Waals surface area contributed by atoms with E-state index in [1.54, 1.807) is 12.6 Å². The second kappa shape index (κ2) is 14.1. The highest BCUT2D eigenvalue weighted by Crippen LogP contribution is 2.29. The van der Waals surface area contributed by atoms with Gasteiger partial charge in [0.15, 0.2) is 11.5 Å². The molecule has 33 heavy (non-hydrogen) atoms. The fourth-order valence-corrected chi connectivity index (χ4v) is 3.84. The maximum Gasteiger partial charge on any atom is 0.302 e. The van der Waals surface area contributed by atoms with E-state index in [-0.39, 0.29) is 0 Å². The van der Waals surface area contributed by atoms with Crippen molar-refractivity contribution in [1.82, 2.24) is 4.90 Å². The fourth-order valence-electron chi connectivity index (χ4n) is 3.84. The third-order valence-corrected chi connectivity index (χ3v) is 6.25. The average Bonchev–Trinajstić information content (AvgIpc) is 2.73. The summed E-state index contributed by atoms with van der Waals surface area (Å²) in [4.78, 5) is 17.5. The molecule has 0 radical (unpaired) electrons. The van der Waals surface area contributed by atoms with Gasteiger partial charge in [0.05, 0.1) is 7.11 Å². The molecule has 0 heterocycles. The molecule has 2 rings (SSSR count). The lowest BCUT2D eigenvalue weighted by Crippen LogP contribution is -2.75. The minimum Gasteiger partial charge on any atom is -0.330 e. The summed E-state index contributed by atoms with van der Waals surface area (Å²) < 4.78 is 23.0. The van der Waals surface area contributed by atoms with E-state index in [9.17, 15) is 13.6 Å². The molecule has 4 N–H and O–H groups in total. The van der Waals surface area contributed by atoms with Crippen LogP contribution >= 0.6 is 0 Å². The second-order valence-corrected chi connectivity index (χ2v) is 10.7.